The number of benzene rings is 2. The van der Waals surface area contributed by atoms with Gasteiger partial charge in [0, 0.05) is 6.54 Å². The van der Waals surface area contributed by atoms with E-state index in [9.17, 15) is 4.79 Å². The molecule has 0 aliphatic rings. The smallest absolute Gasteiger partial charge is 0.223 e. The van der Waals surface area contributed by atoms with Crippen LogP contribution in [0.5, 0.6) is 5.75 Å². The fourth-order valence-corrected chi connectivity index (χ4v) is 2.36. The van der Waals surface area contributed by atoms with Crippen molar-refractivity contribution in [2.45, 2.75) is 19.9 Å². The second-order valence-corrected chi connectivity index (χ2v) is 5.36. The lowest BCUT2D eigenvalue weighted by Gasteiger charge is -2.07. The third-order valence-electron chi connectivity index (χ3n) is 3.50. The zero-order chi connectivity index (χ0) is 16.1. The van der Waals surface area contributed by atoms with E-state index in [-0.39, 0.29) is 5.91 Å². The summed E-state index contributed by atoms with van der Waals surface area (Å²) in [4.78, 5) is 19.4. The lowest BCUT2D eigenvalue weighted by atomic mass is 10.2. The van der Waals surface area contributed by atoms with E-state index in [1.54, 1.807) is 0 Å². The lowest BCUT2D eigenvalue weighted by molar-refractivity contribution is -0.121. The van der Waals surface area contributed by atoms with Gasteiger partial charge in [-0.3, -0.25) is 4.79 Å². The molecule has 5 nitrogen and oxygen atoms in total. The van der Waals surface area contributed by atoms with Crippen molar-refractivity contribution in [3.05, 3.63) is 59.9 Å². The van der Waals surface area contributed by atoms with Gasteiger partial charge in [0.05, 0.1) is 24.1 Å². The van der Waals surface area contributed by atoms with Crippen molar-refractivity contribution in [3.8, 4) is 5.75 Å². The summed E-state index contributed by atoms with van der Waals surface area (Å²) in [5.74, 6) is 1.64. The number of hydrogen-bond donors (Lipinski definition) is 2. The molecule has 0 spiro atoms. The van der Waals surface area contributed by atoms with Crippen molar-refractivity contribution in [2.24, 2.45) is 0 Å². The molecular formula is C18H19N3O2. The molecule has 5 heteroatoms. The van der Waals surface area contributed by atoms with Gasteiger partial charge in [-0.1, -0.05) is 24.3 Å². The van der Waals surface area contributed by atoms with E-state index in [0.717, 1.165) is 28.2 Å². The maximum Gasteiger partial charge on any atom is 0.223 e. The fourth-order valence-electron chi connectivity index (χ4n) is 2.36. The molecule has 2 aromatic carbocycles. The Bertz CT molecular complexity index is 796. The van der Waals surface area contributed by atoms with Gasteiger partial charge in [-0.2, -0.15) is 0 Å². The Hall–Kier alpha value is -2.82. The van der Waals surface area contributed by atoms with Gasteiger partial charge in [0.2, 0.25) is 5.91 Å². The van der Waals surface area contributed by atoms with Crippen molar-refractivity contribution in [2.75, 3.05) is 6.61 Å². The highest BCUT2D eigenvalue weighted by atomic mass is 16.5. The molecule has 0 radical (unpaired) electrons. The highest BCUT2D eigenvalue weighted by molar-refractivity contribution is 5.77. The molecule has 1 amide bonds. The second kappa shape index (κ2) is 6.96. The number of nitrogens with one attached hydrogen (secondary N) is 2. The first-order valence-corrected chi connectivity index (χ1v) is 7.60. The Balaban J connectivity index is 1.46. The molecule has 118 valence electrons. The SMILES string of the molecule is Cc1nc2ccc(CNC(=O)CCOc3ccccc3)cc2[nH]1. The normalized spacial score (nSPS) is 10.7. The van der Waals surface area contributed by atoms with Crippen molar-refractivity contribution < 1.29 is 9.53 Å². The molecule has 0 saturated heterocycles. The highest BCUT2D eigenvalue weighted by Crippen LogP contribution is 2.13. The molecule has 2 N–H and O–H groups in total. The average molecular weight is 309 g/mol. The molecule has 1 heterocycles. The zero-order valence-electron chi connectivity index (χ0n) is 13.0. The van der Waals surface area contributed by atoms with Gasteiger partial charge < -0.3 is 15.0 Å². The number of aryl methyl sites for hydroxylation is 1. The first kappa shape index (κ1) is 15.1. The summed E-state index contributed by atoms with van der Waals surface area (Å²) in [5, 5.41) is 2.90. The molecule has 0 bridgehead atoms. The molecule has 0 aliphatic heterocycles. The highest BCUT2D eigenvalue weighted by Gasteiger charge is 2.04. The van der Waals surface area contributed by atoms with Crippen molar-refractivity contribution in [3.63, 3.8) is 0 Å². The zero-order valence-corrected chi connectivity index (χ0v) is 13.0. The first-order chi connectivity index (χ1) is 11.2. The standard InChI is InChI=1S/C18H19N3O2/c1-13-20-16-8-7-14(11-17(16)21-13)12-19-18(22)9-10-23-15-5-3-2-4-6-15/h2-8,11H,9-10,12H2,1H3,(H,19,22)(H,20,21). The number of ether oxygens (including phenoxy) is 1. The van der Waals surface area contributed by atoms with Crippen LogP contribution in [0.1, 0.15) is 17.8 Å². The summed E-state index contributed by atoms with van der Waals surface area (Å²) < 4.78 is 5.52. The number of carbonyl (C=O) groups is 1. The van der Waals surface area contributed by atoms with Gasteiger partial charge in [-0.25, -0.2) is 4.98 Å². The minimum atomic E-state index is -0.0261. The number of hydrogen-bond acceptors (Lipinski definition) is 3. The molecule has 0 saturated carbocycles. The number of nitrogens with zero attached hydrogens (tertiary/aromatic N) is 1. The minimum absolute atomic E-state index is 0.0261. The third-order valence-corrected chi connectivity index (χ3v) is 3.50. The molecule has 0 atom stereocenters. The number of H-pyrrole nitrogens is 1. The average Bonchev–Trinajstić information content (AvgIpc) is 2.93. The van der Waals surface area contributed by atoms with E-state index >= 15 is 0 Å². The minimum Gasteiger partial charge on any atom is -0.493 e. The summed E-state index contributed by atoms with van der Waals surface area (Å²) in [5.41, 5.74) is 2.97. The number of imidazole rings is 1. The Kier molecular flexibility index (Phi) is 4.57. The van der Waals surface area contributed by atoms with E-state index in [1.165, 1.54) is 0 Å². The fraction of sp³-hybridized carbons (Fsp3) is 0.222. The number of aromatic nitrogens is 2. The Morgan fingerprint density at radius 2 is 2.04 bits per heavy atom. The van der Waals surface area contributed by atoms with Gasteiger partial charge >= 0.3 is 0 Å². The quantitative estimate of drug-likeness (QED) is 0.735. The van der Waals surface area contributed by atoms with Crippen molar-refractivity contribution in [1.82, 2.24) is 15.3 Å². The summed E-state index contributed by atoms with van der Waals surface area (Å²) in [7, 11) is 0. The predicted molar refractivity (Wildman–Crippen MR) is 89.2 cm³/mol. The third kappa shape index (κ3) is 4.10. The van der Waals surface area contributed by atoms with Crippen LogP contribution < -0.4 is 10.1 Å². The first-order valence-electron chi connectivity index (χ1n) is 7.60. The van der Waals surface area contributed by atoms with Crippen LogP contribution in [-0.4, -0.2) is 22.5 Å². The van der Waals surface area contributed by atoms with E-state index < -0.39 is 0 Å². The van der Waals surface area contributed by atoms with Gasteiger partial charge in [-0.05, 0) is 36.8 Å². The lowest BCUT2D eigenvalue weighted by Crippen LogP contribution is -2.24. The molecule has 3 rings (SSSR count). The van der Waals surface area contributed by atoms with Gasteiger partial charge in [-0.15, -0.1) is 0 Å². The predicted octanol–water partition coefficient (Wildman–Crippen LogP) is 2.96. The van der Waals surface area contributed by atoms with Crippen LogP contribution in [0.25, 0.3) is 11.0 Å². The van der Waals surface area contributed by atoms with Gasteiger partial charge in [0.15, 0.2) is 0 Å². The molecule has 0 unspecified atom stereocenters. The number of fused-ring (bicyclic) bond motifs is 1. The van der Waals surface area contributed by atoms with E-state index in [4.69, 9.17) is 4.74 Å². The van der Waals surface area contributed by atoms with Crippen LogP contribution in [0, 0.1) is 6.92 Å². The molecule has 0 fully saturated rings. The van der Waals surface area contributed by atoms with E-state index in [0.29, 0.717) is 19.6 Å². The summed E-state index contributed by atoms with van der Waals surface area (Å²) in [6.45, 7) is 2.79. The molecule has 1 aromatic heterocycles. The number of carbonyl (C=O) groups excluding carboxylic acids is 1. The van der Waals surface area contributed by atoms with Gasteiger partial charge in [0.25, 0.3) is 0 Å². The number of rotatable bonds is 6. The topological polar surface area (TPSA) is 67.0 Å². The second-order valence-electron chi connectivity index (χ2n) is 5.36. The van der Waals surface area contributed by atoms with Crippen LogP contribution in [0.15, 0.2) is 48.5 Å². The van der Waals surface area contributed by atoms with Crippen molar-refractivity contribution >= 4 is 16.9 Å². The van der Waals surface area contributed by atoms with Crippen molar-refractivity contribution in [1.29, 1.82) is 0 Å². The Morgan fingerprint density at radius 3 is 2.87 bits per heavy atom. The Morgan fingerprint density at radius 1 is 1.22 bits per heavy atom. The maximum atomic E-state index is 11.9. The van der Waals surface area contributed by atoms with Crippen LogP contribution in [0.2, 0.25) is 0 Å². The van der Waals surface area contributed by atoms with Crippen LogP contribution in [-0.2, 0) is 11.3 Å². The van der Waals surface area contributed by atoms with Gasteiger partial charge in [0.1, 0.15) is 11.6 Å². The molecular weight excluding hydrogens is 290 g/mol. The van der Waals surface area contributed by atoms with Crippen LogP contribution in [0.3, 0.4) is 0 Å². The molecule has 23 heavy (non-hydrogen) atoms. The van der Waals surface area contributed by atoms with E-state index in [2.05, 4.69) is 15.3 Å². The number of amides is 1. The summed E-state index contributed by atoms with van der Waals surface area (Å²) in [6, 6.07) is 15.4. The number of para-hydroxylation sites is 1. The molecule has 0 aliphatic carbocycles. The Labute approximate surface area is 134 Å². The maximum absolute atomic E-state index is 11.9. The largest absolute Gasteiger partial charge is 0.493 e. The summed E-state index contributed by atoms with van der Waals surface area (Å²) in [6.07, 6.45) is 0.334. The summed E-state index contributed by atoms with van der Waals surface area (Å²) >= 11 is 0. The van der Waals surface area contributed by atoms with E-state index in [1.807, 2.05) is 55.5 Å². The van der Waals surface area contributed by atoms with Crippen LogP contribution in [0.4, 0.5) is 0 Å². The van der Waals surface area contributed by atoms with Crippen LogP contribution >= 0.6 is 0 Å². The molecule has 3 aromatic rings. The monoisotopic (exact) mass is 309 g/mol. The number of aromatic amines is 1.